The highest BCUT2D eigenvalue weighted by Crippen LogP contribution is 2.33. The molecule has 0 saturated carbocycles. The van der Waals surface area contributed by atoms with Crippen LogP contribution in [0.25, 0.3) is 0 Å². The second-order valence-electron chi connectivity index (χ2n) is 6.90. The number of piperidine rings is 1. The van der Waals surface area contributed by atoms with Crippen molar-refractivity contribution in [2.75, 3.05) is 53.6 Å². The van der Waals surface area contributed by atoms with Crippen LogP contribution in [-0.4, -0.2) is 80.0 Å². The van der Waals surface area contributed by atoms with Crippen molar-refractivity contribution in [3.63, 3.8) is 0 Å². The SMILES string of the molecule is COc1cccc(CN2CCCC(O)(CN3CCOCC3)C2=O)c1OC. The molecule has 144 valence electrons. The number of likely N-dealkylation sites (tertiary alicyclic amines) is 1. The van der Waals surface area contributed by atoms with Crippen LogP contribution in [0.2, 0.25) is 0 Å². The minimum absolute atomic E-state index is 0.208. The molecule has 1 aromatic rings. The number of nitrogens with zero attached hydrogens (tertiary/aromatic N) is 2. The lowest BCUT2D eigenvalue weighted by Crippen LogP contribution is -2.59. The summed E-state index contributed by atoms with van der Waals surface area (Å²) < 4.78 is 16.2. The Labute approximate surface area is 154 Å². The van der Waals surface area contributed by atoms with Crippen molar-refractivity contribution in [3.05, 3.63) is 23.8 Å². The first-order valence-corrected chi connectivity index (χ1v) is 9.09. The molecule has 7 heteroatoms. The third-order valence-corrected chi connectivity index (χ3v) is 5.14. The Morgan fingerprint density at radius 3 is 2.65 bits per heavy atom. The Morgan fingerprint density at radius 2 is 1.96 bits per heavy atom. The van der Waals surface area contributed by atoms with Crippen molar-refractivity contribution in [2.45, 2.75) is 25.0 Å². The predicted molar refractivity (Wildman–Crippen MR) is 96.4 cm³/mol. The minimum Gasteiger partial charge on any atom is -0.493 e. The van der Waals surface area contributed by atoms with Gasteiger partial charge in [-0.05, 0) is 18.9 Å². The number of hydrogen-bond acceptors (Lipinski definition) is 6. The molecular weight excluding hydrogens is 336 g/mol. The lowest BCUT2D eigenvalue weighted by molar-refractivity contribution is -0.161. The van der Waals surface area contributed by atoms with E-state index in [1.54, 1.807) is 19.1 Å². The number of morpholine rings is 1. The van der Waals surface area contributed by atoms with Gasteiger partial charge in [0.25, 0.3) is 5.91 Å². The molecule has 0 radical (unpaired) electrons. The van der Waals surface area contributed by atoms with Crippen molar-refractivity contribution >= 4 is 5.91 Å². The van der Waals surface area contributed by atoms with Crippen LogP contribution >= 0.6 is 0 Å². The maximum Gasteiger partial charge on any atom is 0.256 e. The van der Waals surface area contributed by atoms with Gasteiger partial charge in [0.1, 0.15) is 0 Å². The molecule has 1 aromatic carbocycles. The molecule has 26 heavy (non-hydrogen) atoms. The highest BCUT2D eigenvalue weighted by atomic mass is 16.5. The van der Waals surface area contributed by atoms with Crippen LogP contribution in [0.3, 0.4) is 0 Å². The van der Waals surface area contributed by atoms with Crippen LogP contribution in [0.1, 0.15) is 18.4 Å². The minimum atomic E-state index is -1.33. The fourth-order valence-electron chi connectivity index (χ4n) is 3.78. The second-order valence-corrected chi connectivity index (χ2v) is 6.90. The Kier molecular flexibility index (Phi) is 6.01. The zero-order valence-corrected chi connectivity index (χ0v) is 15.6. The molecule has 2 aliphatic heterocycles. The number of methoxy groups -OCH3 is 2. The maximum atomic E-state index is 13.0. The lowest BCUT2D eigenvalue weighted by Gasteiger charge is -2.41. The first-order valence-electron chi connectivity index (χ1n) is 9.09. The van der Waals surface area contributed by atoms with E-state index in [1.807, 2.05) is 18.2 Å². The molecule has 2 fully saturated rings. The van der Waals surface area contributed by atoms with Gasteiger partial charge in [0.2, 0.25) is 0 Å². The standard InChI is InChI=1S/C19H28N2O5/c1-24-16-6-3-5-15(17(16)25-2)13-21-8-4-7-19(23,18(21)22)14-20-9-11-26-12-10-20/h3,5-6,23H,4,7-14H2,1-2H3. The molecule has 1 atom stereocenters. The number of carbonyl (C=O) groups excluding carboxylic acids is 1. The third kappa shape index (κ3) is 3.95. The molecular formula is C19H28N2O5. The van der Waals surface area contributed by atoms with Crippen LogP contribution < -0.4 is 9.47 Å². The van der Waals surface area contributed by atoms with Gasteiger partial charge in [-0.2, -0.15) is 0 Å². The van der Waals surface area contributed by atoms with Crippen LogP contribution in [0, 0.1) is 0 Å². The van der Waals surface area contributed by atoms with Gasteiger partial charge < -0.3 is 24.2 Å². The first-order chi connectivity index (χ1) is 12.6. The van der Waals surface area contributed by atoms with Crippen LogP contribution in [0.4, 0.5) is 0 Å². The third-order valence-electron chi connectivity index (χ3n) is 5.14. The molecule has 0 spiro atoms. The summed E-state index contributed by atoms with van der Waals surface area (Å²) in [6.07, 6.45) is 1.27. The normalized spacial score (nSPS) is 24.6. The van der Waals surface area contributed by atoms with Gasteiger partial charge in [-0.1, -0.05) is 12.1 Å². The average molecular weight is 364 g/mol. The molecule has 1 N–H and O–H groups in total. The molecule has 0 aliphatic carbocycles. The number of benzene rings is 1. The zero-order valence-electron chi connectivity index (χ0n) is 15.6. The van der Waals surface area contributed by atoms with E-state index in [9.17, 15) is 9.90 Å². The topological polar surface area (TPSA) is 71.5 Å². The number of para-hydroxylation sites is 1. The molecule has 1 amide bonds. The highest BCUT2D eigenvalue weighted by Gasteiger charge is 2.43. The summed E-state index contributed by atoms with van der Waals surface area (Å²) in [6.45, 7) is 4.18. The lowest BCUT2D eigenvalue weighted by atomic mass is 9.90. The van der Waals surface area contributed by atoms with E-state index in [4.69, 9.17) is 14.2 Å². The van der Waals surface area contributed by atoms with E-state index in [1.165, 1.54) is 0 Å². The monoisotopic (exact) mass is 364 g/mol. The van der Waals surface area contributed by atoms with Gasteiger partial charge in [-0.25, -0.2) is 0 Å². The second kappa shape index (κ2) is 8.24. The summed E-state index contributed by atoms with van der Waals surface area (Å²) in [5.41, 5.74) is -0.461. The molecule has 7 nitrogen and oxygen atoms in total. The Morgan fingerprint density at radius 1 is 1.19 bits per heavy atom. The van der Waals surface area contributed by atoms with Crippen molar-refractivity contribution in [3.8, 4) is 11.5 Å². The van der Waals surface area contributed by atoms with E-state index in [-0.39, 0.29) is 5.91 Å². The van der Waals surface area contributed by atoms with Gasteiger partial charge in [-0.3, -0.25) is 9.69 Å². The fraction of sp³-hybridized carbons (Fsp3) is 0.632. The van der Waals surface area contributed by atoms with E-state index >= 15 is 0 Å². The quantitative estimate of drug-likeness (QED) is 0.808. The average Bonchev–Trinajstić information content (AvgIpc) is 2.66. The van der Waals surface area contributed by atoms with Crippen molar-refractivity contribution in [2.24, 2.45) is 0 Å². The molecule has 0 aromatic heterocycles. The smallest absolute Gasteiger partial charge is 0.256 e. The van der Waals surface area contributed by atoms with Crippen molar-refractivity contribution in [1.29, 1.82) is 0 Å². The molecule has 3 rings (SSSR count). The van der Waals surface area contributed by atoms with E-state index in [0.717, 1.165) is 25.1 Å². The van der Waals surface area contributed by atoms with Crippen LogP contribution in [-0.2, 0) is 16.1 Å². The maximum absolute atomic E-state index is 13.0. The Balaban J connectivity index is 1.73. The van der Waals surface area contributed by atoms with Crippen LogP contribution in [0.15, 0.2) is 18.2 Å². The number of rotatable bonds is 6. The summed E-state index contributed by atoms with van der Waals surface area (Å²) in [4.78, 5) is 16.9. The van der Waals surface area contributed by atoms with E-state index in [2.05, 4.69) is 4.90 Å². The molecule has 2 saturated heterocycles. The number of hydrogen-bond donors (Lipinski definition) is 1. The number of β-amino-alcohol motifs (C(OH)–C–C–N with tert-alkyl or cyclic N) is 1. The fourth-order valence-corrected chi connectivity index (χ4v) is 3.78. The predicted octanol–water partition coefficient (Wildman–Crippen LogP) is 0.889. The zero-order chi connectivity index (χ0) is 18.6. The van der Waals surface area contributed by atoms with E-state index < -0.39 is 5.60 Å². The summed E-state index contributed by atoms with van der Waals surface area (Å²) >= 11 is 0. The van der Waals surface area contributed by atoms with Gasteiger partial charge >= 0.3 is 0 Å². The number of aliphatic hydroxyl groups is 1. The summed E-state index contributed by atoms with van der Waals surface area (Å²) in [7, 11) is 3.18. The summed E-state index contributed by atoms with van der Waals surface area (Å²) in [6, 6.07) is 5.63. The molecule has 1 unspecified atom stereocenters. The highest BCUT2D eigenvalue weighted by molar-refractivity contribution is 5.86. The number of amides is 1. The van der Waals surface area contributed by atoms with Gasteiger partial charge in [0.05, 0.1) is 27.4 Å². The Hall–Kier alpha value is -1.83. The van der Waals surface area contributed by atoms with Gasteiger partial charge in [0.15, 0.2) is 17.1 Å². The summed E-state index contributed by atoms with van der Waals surface area (Å²) in [5.74, 6) is 1.06. The van der Waals surface area contributed by atoms with Gasteiger partial charge in [-0.15, -0.1) is 0 Å². The first kappa shape index (κ1) is 18.9. The Bertz CT molecular complexity index is 632. The molecule has 0 bridgehead atoms. The number of ether oxygens (including phenoxy) is 3. The van der Waals surface area contributed by atoms with Gasteiger partial charge in [0, 0.05) is 38.3 Å². The van der Waals surface area contributed by atoms with E-state index in [0.29, 0.717) is 50.8 Å². The van der Waals surface area contributed by atoms with Crippen molar-refractivity contribution < 1.29 is 24.1 Å². The number of carbonyl (C=O) groups is 1. The molecule has 2 aliphatic rings. The summed E-state index contributed by atoms with van der Waals surface area (Å²) in [5, 5.41) is 11.0. The van der Waals surface area contributed by atoms with Crippen molar-refractivity contribution in [1.82, 2.24) is 9.80 Å². The largest absolute Gasteiger partial charge is 0.493 e. The molecule has 2 heterocycles. The van der Waals surface area contributed by atoms with Crippen LogP contribution in [0.5, 0.6) is 11.5 Å².